The number of halogens is 1. The smallest absolute Gasteiger partial charge is 0.333 e. The van der Waals surface area contributed by atoms with E-state index in [1.807, 2.05) is 12.1 Å². The van der Waals surface area contributed by atoms with Crippen molar-refractivity contribution in [2.45, 2.75) is 12.5 Å². The van der Waals surface area contributed by atoms with E-state index < -0.39 is 23.2 Å². The van der Waals surface area contributed by atoms with Crippen molar-refractivity contribution in [3.63, 3.8) is 0 Å². The first-order valence-electron chi connectivity index (χ1n) is 10.7. The SMILES string of the molecule is COc1ccc(C2CC(c3c(O)n(C)c(=O)n(C)c3=O)=NN2C(=O)CNc2ccc(Cl)cc2)cc1. The number of aromatic nitrogens is 2. The number of hydrogen-bond acceptors (Lipinski definition) is 7. The molecule has 0 saturated heterocycles. The number of amides is 1. The molecule has 1 atom stereocenters. The molecule has 4 rings (SSSR count). The van der Waals surface area contributed by atoms with E-state index in [0.29, 0.717) is 16.5 Å². The molecule has 10 nitrogen and oxygen atoms in total. The van der Waals surface area contributed by atoms with E-state index in [2.05, 4.69) is 10.4 Å². The van der Waals surface area contributed by atoms with Crippen molar-refractivity contribution in [1.82, 2.24) is 14.1 Å². The minimum absolute atomic E-state index is 0.0671. The minimum Gasteiger partial charge on any atom is -0.497 e. The molecule has 3 aromatic rings. The molecule has 35 heavy (non-hydrogen) atoms. The van der Waals surface area contributed by atoms with Crippen LogP contribution < -0.4 is 21.3 Å². The Hall–Kier alpha value is -4.05. The molecular formula is C24H24ClN5O5. The van der Waals surface area contributed by atoms with Gasteiger partial charge in [0, 0.05) is 31.2 Å². The van der Waals surface area contributed by atoms with E-state index in [9.17, 15) is 19.5 Å². The summed E-state index contributed by atoms with van der Waals surface area (Å²) >= 11 is 5.92. The van der Waals surface area contributed by atoms with Crippen molar-refractivity contribution < 1.29 is 14.6 Å². The maximum absolute atomic E-state index is 13.2. The van der Waals surface area contributed by atoms with Crippen LogP contribution >= 0.6 is 11.6 Å². The maximum Gasteiger partial charge on any atom is 0.333 e. The van der Waals surface area contributed by atoms with E-state index in [0.717, 1.165) is 14.7 Å². The normalized spacial score (nSPS) is 15.1. The van der Waals surface area contributed by atoms with Crippen LogP contribution in [0, 0.1) is 0 Å². The number of carbonyl (C=O) groups is 1. The minimum atomic E-state index is -0.689. The molecule has 1 unspecified atom stereocenters. The highest BCUT2D eigenvalue weighted by molar-refractivity contribution is 6.30. The Morgan fingerprint density at radius 2 is 1.77 bits per heavy atom. The largest absolute Gasteiger partial charge is 0.497 e. The predicted molar refractivity (Wildman–Crippen MR) is 132 cm³/mol. The number of nitrogens with zero attached hydrogens (tertiary/aromatic N) is 4. The van der Waals surface area contributed by atoms with E-state index >= 15 is 0 Å². The van der Waals surface area contributed by atoms with Crippen molar-refractivity contribution in [2.75, 3.05) is 19.0 Å². The molecule has 1 aromatic heterocycles. The number of methoxy groups -OCH3 is 1. The third-order valence-electron chi connectivity index (χ3n) is 5.88. The van der Waals surface area contributed by atoms with Gasteiger partial charge in [0.1, 0.15) is 11.3 Å². The molecule has 0 spiro atoms. The van der Waals surface area contributed by atoms with E-state index in [1.165, 1.54) is 19.1 Å². The van der Waals surface area contributed by atoms with Gasteiger partial charge in [0.25, 0.3) is 11.5 Å². The number of benzene rings is 2. The molecule has 0 fully saturated rings. The van der Waals surface area contributed by atoms with Gasteiger partial charge < -0.3 is 15.2 Å². The number of anilines is 1. The Bertz CT molecular complexity index is 1410. The Kier molecular flexibility index (Phi) is 6.65. The number of nitrogens with one attached hydrogen (secondary N) is 1. The summed E-state index contributed by atoms with van der Waals surface area (Å²) in [6.45, 7) is -0.0671. The summed E-state index contributed by atoms with van der Waals surface area (Å²) in [6, 6.07) is 13.5. The lowest BCUT2D eigenvalue weighted by Gasteiger charge is -2.22. The first-order valence-corrected chi connectivity index (χ1v) is 11.1. The van der Waals surface area contributed by atoms with Crippen molar-refractivity contribution in [1.29, 1.82) is 0 Å². The fraction of sp³-hybridized carbons (Fsp3) is 0.250. The van der Waals surface area contributed by atoms with Gasteiger partial charge in [0.2, 0.25) is 5.88 Å². The summed E-state index contributed by atoms with van der Waals surface area (Å²) in [4.78, 5) is 38.3. The predicted octanol–water partition coefficient (Wildman–Crippen LogP) is 2.24. The standard InChI is InChI=1S/C24H24ClN5O5/c1-28-22(32)21(23(33)29(2)24(28)34)18-12-19(14-4-10-17(35-3)11-5-14)30(27-18)20(31)13-26-16-8-6-15(25)7-9-16/h4-11,19,26,32H,12-13H2,1-3H3. The van der Waals surface area contributed by atoms with Crippen LogP contribution in [0.25, 0.3) is 0 Å². The van der Waals surface area contributed by atoms with Crippen LogP contribution in [0.5, 0.6) is 11.6 Å². The highest BCUT2D eigenvalue weighted by atomic mass is 35.5. The van der Waals surface area contributed by atoms with Gasteiger partial charge in [-0.25, -0.2) is 9.80 Å². The molecule has 2 heterocycles. The van der Waals surface area contributed by atoms with Crippen LogP contribution in [0.3, 0.4) is 0 Å². The van der Waals surface area contributed by atoms with Gasteiger partial charge in [-0.15, -0.1) is 0 Å². The van der Waals surface area contributed by atoms with Crippen LogP contribution in [0.2, 0.25) is 5.02 Å². The number of ether oxygens (including phenoxy) is 1. The molecule has 1 aliphatic heterocycles. The molecule has 11 heteroatoms. The first kappa shape index (κ1) is 24.1. The maximum atomic E-state index is 13.2. The molecule has 2 aromatic carbocycles. The second kappa shape index (κ2) is 9.67. The average Bonchev–Trinajstić information content (AvgIpc) is 3.31. The fourth-order valence-electron chi connectivity index (χ4n) is 3.89. The highest BCUT2D eigenvalue weighted by Gasteiger charge is 2.35. The average molecular weight is 498 g/mol. The van der Waals surface area contributed by atoms with Gasteiger partial charge in [0.15, 0.2) is 0 Å². The van der Waals surface area contributed by atoms with Gasteiger partial charge in [-0.2, -0.15) is 5.10 Å². The topological polar surface area (TPSA) is 118 Å². The van der Waals surface area contributed by atoms with E-state index in [-0.39, 0.29) is 30.1 Å². The summed E-state index contributed by atoms with van der Waals surface area (Å²) in [5.74, 6) is -0.199. The molecule has 0 bridgehead atoms. The summed E-state index contributed by atoms with van der Waals surface area (Å²) in [5, 5.41) is 19.9. The number of rotatable bonds is 6. The molecule has 182 valence electrons. The number of aromatic hydroxyl groups is 1. The van der Waals surface area contributed by atoms with Crippen molar-refractivity contribution in [3.8, 4) is 11.6 Å². The van der Waals surface area contributed by atoms with Crippen LogP contribution in [0.4, 0.5) is 5.69 Å². The first-order chi connectivity index (χ1) is 16.7. The van der Waals surface area contributed by atoms with Crippen LogP contribution in [0.1, 0.15) is 23.6 Å². The molecular weight excluding hydrogens is 474 g/mol. The van der Waals surface area contributed by atoms with Gasteiger partial charge in [-0.3, -0.25) is 18.7 Å². The molecule has 0 radical (unpaired) electrons. The Morgan fingerprint density at radius 3 is 2.40 bits per heavy atom. The summed E-state index contributed by atoms with van der Waals surface area (Å²) < 4.78 is 7.09. The van der Waals surface area contributed by atoms with E-state index in [4.69, 9.17) is 16.3 Å². The summed E-state index contributed by atoms with van der Waals surface area (Å²) in [6.07, 6.45) is 0.167. The second-order valence-electron chi connectivity index (χ2n) is 8.04. The lowest BCUT2D eigenvalue weighted by molar-refractivity contribution is -0.131. The molecule has 1 aliphatic rings. The molecule has 0 saturated carbocycles. The Labute approximate surface area is 205 Å². The van der Waals surface area contributed by atoms with Gasteiger partial charge in [-0.1, -0.05) is 23.7 Å². The molecule has 0 aliphatic carbocycles. The number of hydrogen-bond donors (Lipinski definition) is 2. The van der Waals surface area contributed by atoms with E-state index in [1.54, 1.807) is 43.5 Å². The zero-order chi connectivity index (χ0) is 25.3. The van der Waals surface area contributed by atoms with Crippen LogP contribution in [0.15, 0.2) is 63.2 Å². The third-order valence-corrected chi connectivity index (χ3v) is 6.13. The second-order valence-corrected chi connectivity index (χ2v) is 8.48. The monoisotopic (exact) mass is 497 g/mol. The fourth-order valence-corrected chi connectivity index (χ4v) is 4.02. The lowest BCUT2D eigenvalue weighted by atomic mass is 9.99. The number of carbonyl (C=O) groups excluding carboxylic acids is 1. The summed E-state index contributed by atoms with van der Waals surface area (Å²) in [5.41, 5.74) is 0.212. The van der Waals surface area contributed by atoms with Crippen LogP contribution in [-0.4, -0.2) is 44.5 Å². The van der Waals surface area contributed by atoms with Crippen molar-refractivity contribution in [2.24, 2.45) is 19.2 Å². The quantitative estimate of drug-likeness (QED) is 0.539. The molecule has 1 amide bonds. The highest BCUT2D eigenvalue weighted by Crippen LogP contribution is 2.34. The van der Waals surface area contributed by atoms with Crippen molar-refractivity contribution in [3.05, 3.63) is 85.5 Å². The van der Waals surface area contributed by atoms with Gasteiger partial charge >= 0.3 is 5.69 Å². The molecule has 2 N–H and O–H groups in total. The van der Waals surface area contributed by atoms with Crippen molar-refractivity contribution >= 4 is 28.9 Å². The number of hydrazone groups is 1. The van der Waals surface area contributed by atoms with Gasteiger partial charge in [0.05, 0.1) is 25.4 Å². The zero-order valence-corrected chi connectivity index (χ0v) is 20.1. The lowest BCUT2D eigenvalue weighted by Crippen LogP contribution is -2.39. The third kappa shape index (κ3) is 4.65. The van der Waals surface area contributed by atoms with Gasteiger partial charge in [-0.05, 0) is 42.0 Å². The van der Waals surface area contributed by atoms with Crippen LogP contribution in [-0.2, 0) is 18.9 Å². The Balaban J connectivity index is 1.70. The zero-order valence-electron chi connectivity index (χ0n) is 19.4. The Morgan fingerprint density at radius 1 is 1.11 bits per heavy atom. The summed E-state index contributed by atoms with van der Waals surface area (Å²) in [7, 11) is 4.24.